The Labute approximate surface area is 115 Å². The van der Waals surface area contributed by atoms with Crippen molar-refractivity contribution < 1.29 is 9.66 Å². The van der Waals surface area contributed by atoms with Crippen molar-refractivity contribution in [3.05, 3.63) is 33.7 Å². The average molecular weight is 284 g/mol. The second-order valence-electron chi connectivity index (χ2n) is 4.57. The Morgan fingerprint density at radius 3 is 2.89 bits per heavy atom. The van der Waals surface area contributed by atoms with Crippen LogP contribution in [0.2, 0.25) is 5.15 Å². The summed E-state index contributed by atoms with van der Waals surface area (Å²) >= 11 is 5.69. The summed E-state index contributed by atoms with van der Waals surface area (Å²) in [5.74, 6) is 0.756. The number of halogens is 1. The topological polar surface area (TPSA) is 78.2 Å². The molecule has 2 unspecified atom stereocenters. The molecule has 1 aromatic heterocycles. The minimum absolute atomic E-state index is 0.0632. The van der Waals surface area contributed by atoms with Gasteiger partial charge in [0.05, 0.1) is 11.5 Å². The van der Waals surface area contributed by atoms with Gasteiger partial charge in [0.25, 0.3) is 5.88 Å². The second kappa shape index (κ2) is 5.97. The molecule has 1 aromatic rings. The minimum Gasteiger partial charge on any atom is -0.472 e. The maximum atomic E-state index is 10.9. The number of hydrogen-bond acceptors (Lipinski definition) is 5. The van der Waals surface area contributed by atoms with Gasteiger partial charge in [0.15, 0.2) is 0 Å². The van der Waals surface area contributed by atoms with Gasteiger partial charge in [-0.15, -0.1) is 0 Å². The van der Waals surface area contributed by atoms with Gasteiger partial charge in [-0.3, -0.25) is 10.1 Å². The molecule has 0 aliphatic heterocycles. The molecule has 1 aliphatic carbocycles. The zero-order chi connectivity index (χ0) is 13.8. The van der Waals surface area contributed by atoms with Crippen molar-refractivity contribution in [2.75, 3.05) is 6.61 Å². The zero-order valence-corrected chi connectivity index (χ0v) is 11.2. The summed E-state index contributed by atoms with van der Waals surface area (Å²) < 4.78 is 5.48. The number of nitrogens with zero attached hydrogens (tertiary/aromatic N) is 3. The molecule has 1 aliphatic rings. The summed E-state index contributed by atoms with van der Waals surface area (Å²) in [6, 6.07) is 0. The van der Waals surface area contributed by atoms with Crippen LogP contribution in [0, 0.1) is 22.0 Å². The fourth-order valence-electron chi connectivity index (χ4n) is 2.03. The van der Waals surface area contributed by atoms with E-state index < -0.39 is 4.92 Å². The third-order valence-electron chi connectivity index (χ3n) is 3.28. The van der Waals surface area contributed by atoms with Gasteiger partial charge in [-0.05, 0) is 24.7 Å². The van der Waals surface area contributed by atoms with Crippen LogP contribution in [0.3, 0.4) is 0 Å². The first-order valence-corrected chi connectivity index (χ1v) is 6.40. The molecule has 0 N–H and O–H groups in total. The van der Waals surface area contributed by atoms with Crippen LogP contribution < -0.4 is 4.74 Å². The first kappa shape index (κ1) is 13.7. The van der Waals surface area contributed by atoms with Crippen LogP contribution in [0.25, 0.3) is 0 Å². The molecule has 0 saturated carbocycles. The van der Waals surface area contributed by atoms with Gasteiger partial charge in [-0.1, -0.05) is 30.7 Å². The lowest BCUT2D eigenvalue weighted by atomic mass is 9.85. The van der Waals surface area contributed by atoms with E-state index in [2.05, 4.69) is 29.0 Å². The molecule has 0 bridgehead atoms. The van der Waals surface area contributed by atoms with Gasteiger partial charge < -0.3 is 4.74 Å². The molecule has 2 rings (SSSR count). The van der Waals surface area contributed by atoms with E-state index in [0.29, 0.717) is 18.4 Å². The Bertz CT molecular complexity index is 507. The molecule has 6 nitrogen and oxygen atoms in total. The average Bonchev–Trinajstić information content (AvgIpc) is 2.37. The number of rotatable bonds is 4. The summed E-state index contributed by atoms with van der Waals surface area (Å²) in [4.78, 5) is 17.7. The quantitative estimate of drug-likeness (QED) is 0.367. The van der Waals surface area contributed by atoms with Crippen molar-refractivity contribution in [2.24, 2.45) is 11.8 Å². The first-order valence-electron chi connectivity index (χ1n) is 6.02. The van der Waals surface area contributed by atoms with Crippen LogP contribution in [-0.2, 0) is 0 Å². The normalized spacial score (nSPS) is 22.2. The highest BCUT2D eigenvalue weighted by Gasteiger charge is 2.25. The predicted octanol–water partition coefficient (Wildman–Crippen LogP) is 3.02. The third kappa shape index (κ3) is 3.20. The number of hydrogen-bond donors (Lipinski definition) is 0. The highest BCUT2D eigenvalue weighted by Crippen LogP contribution is 2.32. The van der Waals surface area contributed by atoms with Crippen molar-refractivity contribution >= 4 is 17.3 Å². The molecule has 2 atom stereocenters. The van der Waals surface area contributed by atoms with E-state index in [-0.39, 0.29) is 16.7 Å². The summed E-state index contributed by atoms with van der Waals surface area (Å²) in [5.41, 5.74) is -0.372. The maximum Gasteiger partial charge on any atom is 0.367 e. The molecule has 102 valence electrons. The van der Waals surface area contributed by atoms with Crippen LogP contribution in [-0.4, -0.2) is 21.5 Å². The van der Waals surface area contributed by atoms with E-state index in [1.54, 1.807) is 0 Å². The van der Waals surface area contributed by atoms with E-state index in [4.69, 9.17) is 16.3 Å². The van der Waals surface area contributed by atoms with Crippen molar-refractivity contribution in [3.63, 3.8) is 0 Å². The summed E-state index contributed by atoms with van der Waals surface area (Å²) in [6.07, 6.45) is 7.32. The van der Waals surface area contributed by atoms with Crippen molar-refractivity contribution in [1.82, 2.24) is 9.97 Å². The van der Waals surface area contributed by atoms with Crippen molar-refractivity contribution in [1.29, 1.82) is 0 Å². The van der Waals surface area contributed by atoms with Gasteiger partial charge in [0, 0.05) is 0 Å². The van der Waals surface area contributed by atoms with Crippen LogP contribution in [0.1, 0.15) is 19.8 Å². The molecular weight excluding hydrogens is 270 g/mol. The van der Waals surface area contributed by atoms with Crippen molar-refractivity contribution in [2.45, 2.75) is 19.8 Å². The first-order chi connectivity index (χ1) is 9.09. The molecule has 0 fully saturated rings. The summed E-state index contributed by atoms with van der Waals surface area (Å²) in [5, 5.41) is 10.7. The van der Waals surface area contributed by atoms with Crippen LogP contribution in [0.4, 0.5) is 5.69 Å². The molecule has 1 heterocycles. The molecule has 0 radical (unpaired) electrons. The zero-order valence-electron chi connectivity index (χ0n) is 10.5. The van der Waals surface area contributed by atoms with E-state index in [1.807, 2.05) is 0 Å². The third-order valence-corrected chi connectivity index (χ3v) is 3.56. The lowest BCUT2D eigenvalue weighted by Crippen LogP contribution is -2.21. The number of ether oxygens (including phenoxy) is 1. The van der Waals surface area contributed by atoms with Crippen LogP contribution in [0.5, 0.6) is 5.88 Å². The summed E-state index contributed by atoms with van der Waals surface area (Å²) in [6.45, 7) is 2.53. The number of aromatic nitrogens is 2. The molecule has 0 spiro atoms. The van der Waals surface area contributed by atoms with Gasteiger partial charge in [0.2, 0.25) is 5.15 Å². The molecule has 19 heavy (non-hydrogen) atoms. The largest absolute Gasteiger partial charge is 0.472 e. The van der Waals surface area contributed by atoms with Crippen LogP contribution in [0.15, 0.2) is 18.5 Å². The molecule has 7 heteroatoms. The highest BCUT2D eigenvalue weighted by molar-refractivity contribution is 6.31. The fraction of sp³-hybridized carbons (Fsp3) is 0.500. The lowest BCUT2D eigenvalue weighted by Gasteiger charge is -2.24. The van der Waals surface area contributed by atoms with Gasteiger partial charge in [-0.25, -0.2) is 4.98 Å². The smallest absolute Gasteiger partial charge is 0.367 e. The monoisotopic (exact) mass is 283 g/mol. The van der Waals surface area contributed by atoms with Gasteiger partial charge in [-0.2, -0.15) is 4.98 Å². The van der Waals surface area contributed by atoms with E-state index in [0.717, 1.165) is 19.2 Å². The summed E-state index contributed by atoms with van der Waals surface area (Å²) in [7, 11) is 0. The van der Waals surface area contributed by atoms with E-state index in [9.17, 15) is 10.1 Å². The fourth-order valence-corrected chi connectivity index (χ4v) is 2.22. The Morgan fingerprint density at radius 2 is 2.21 bits per heavy atom. The van der Waals surface area contributed by atoms with Gasteiger partial charge in [0.1, 0.15) is 6.33 Å². The Morgan fingerprint density at radius 1 is 1.47 bits per heavy atom. The predicted molar refractivity (Wildman–Crippen MR) is 70.2 cm³/mol. The standard InChI is InChI=1S/C12H14ClN3O3/c1-8-4-2-3-5-9(8)6-19-12-10(16(17)18)11(13)14-7-15-12/h2-3,7-9H,4-6H2,1H3. The lowest BCUT2D eigenvalue weighted by molar-refractivity contribution is -0.386. The van der Waals surface area contributed by atoms with Gasteiger partial charge >= 0.3 is 5.69 Å². The molecule has 0 amide bonds. The second-order valence-corrected chi connectivity index (χ2v) is 4.92. The Hall–Kier alpha value is -1.69. The SMILES string of the molecule is CC1CC=CCC1COc1ncnc(Cl)c1[N+](=O)[O-]. The van der Waals surface area contributed by atoms with Crippen molar-refractivity contribution in [3.8, 4) is 5.88 Å². The Kier molecular flexibility index (Phi) is 4.31. The highest BCUT2D eigenvalue weighted by atomic mass is 35.5. The van der Waals surface area contributed by atoms with E-state index in [1.165, 1.54) is 0 Å². The minimum atomic E-state index is -0.623. The maximum absolute atomic E-state index is 10.9. The molecule has 0 aromatic carbocycles. The Balaban J connectivity index is 2.09. The molecule has 0 saturated heterocycles. The van der Waals surface area contributed by atoms with E-state index >= 15 is 0 Å². The number of nitro groups is 1. The number of allylic oxidation sites excluding steroid dienone is 2. The van der Waals surface area contributed by atoms with Crippen LogP contribution >= 0.6 is 11.6 Å². The molecular formula is C12H14ClN3O3.